The second-order valence-electron chi connectivity index (χ2n) is 5.65. The van der Waals surface area contributed by atoms with Crippen molar-refractivity contribution in [2.24, 2.45) is 0 Å². The molecule has 1 saturated carbocycles. The van der Waals surface area contributed by atoms with Crippen molar-refractivity contribution in [2.75, 3.05) is 7.11 Å². The normalized spacial score (nSPS) is 22.5. The molecule has 1 unspecified atom stereocenters. The van der Waals surface area contributed by atoms with Gasteiger partial charge in [0.05, 0.1) is 13.5 Å². The molecule has 0 amide bonds. The number of carboxylic acids is 1. The van der Waals surface area contributed by atoms with E-state index in [1.165, 1.54) is 0 Å². The molecule has 1 fully saturated rings. The zero-order valence-electron chi connectivity index (χ0n) is 11.2. The maximum Gasteiger partial charge on any atom is 0.304 e. The molecule has 4 heteroatoms. The monoisotopic (exact) mass is 262 g/mol. The minimum absolute atomic E-state index is 0.161. The quantitative estimate of drug-likeness (QED) is 0.906. The van der Waals surface area contributed by atoms with Gasteiger partial charge in [-0.1, -0.05) is 6.07 Å². The zero-order chi connectivity index (χ0) is 13.6. The third-order valence-corrected chi connectivity index (χ3v) is 4.13. The number of fused-ring (bicyclic) bond motifs is 1. The number of methoxy groups -OCH3 is 1. The summed E-state index contributed by atoms with van der Waals surface area (Å²) in [6, 6.07) is 4.06. The van der Waals surface area contributed by atoms with Gasteiger partial charge < -0.3 is 14.6 Å². The predicted molar refractivity (Wildman–Crippen MR) is 70.0 cm³/mol. The van der Waals surface area contributed by atoms with E-state index in [4.69, 9.17) is 14.6 Å². The van der Waals surface area contributed by atoms with Gasteiger partial charge in [-0.05, 0) is 31.4 Å². The molecule has 0 spiro atoms. The van der Waals surface area contributed by atoms with E-state index < -0.39 is 5.97 Å². The van der Waals surface area contributed by atoms with Crippen LogP contribution in [-0.2, 0) is 16.6 Å². The number of carboxylic acid groups (broad SMARTS) is 1. The van der Waals surface area contributed by atoms with Gasteiger partial charge in [0.25, 0.3) is 0 Å². The van der Waals surface area contributed by atoms with Crippen LogP contribution < -0.4 is 9.47 Å². The molecule has 1 atom stereocenters. The second kappa shape index (κ2) is 4.15. The third kappa shape index (κ3) is 2.05. The van der Waals surface area contributed by atoms with Crippen LogP contribution in [-0.4, -0.2) is 24.3 Å². The van der Waals surface area contributed by atoms with Crippen LogP contribution >= 0.6 is 0 Å². The number of aliphatic carboxylic acids is 1. The van der Waals surface area contributed by atoms with Gasteiger partial charge in [0.15, 0.2) is 11.5 Å². The van der Waals surface area contributed by atoms with Crippen LogP contribution in [0.15, 0.2) is 12.1 Å². The van der Waals surface area contributed by atoms with E-state index in [1.54, 1.807) is 7.11 Å². The highest BCUT2D eigenvalue weighted by molar-refractivity contribution is 5.70. The SMILES string of the molecule is COc1cc(C2(CC(=O)O)CC2)cc2c1OC(C)C2. The summed E-state index contributed by atoms with van der Waals surface area (Å²) in [5.41, 5.74) is 2.04. The lowest BCUT2D eigenvalue weighted by Crippen LogP contribution is -2.13. The van der Waals surface area contributed by atoms with Crippen molar-refractivity contribution < 1.29 is 19.4 Å². The van der Waals surface area contributed by atoms with E-state index in [-0.39, 0.29) is 17.9 Å². The first-order chi connectivity index (χ1) is 9.04. The van der Waals surface area contributed by atoms with Crippen LogP contribution in [0.25, 0.3) is 0 Å². The van der Waals surface area contributed by atoms with Gasteiger partial charge in [-0.25, -0.2) is 0 Å². The van der Waals surface area contributed by atoms with E-state index in [9.17, 15) is 4.79 Å². The van der Waals surface area contributed by atoms with Crippen LogP contribution in [0.4, 0.5) is 0 Å². The van der Waals surface area contributed by atoms with Gasteiger partial charge in [0.2, 0.25) is 0 Å². The highest BCUT2D eigenvalue weighted by Gasteiger charge is 2.47. The second-order valence-corrected chi connectivity index (χ2v) is 5.65. The van der Waals surface area contributed by atoms with Crippen molar-refractivity contribution in [3.8, 4) is 11.5 Å². The summed E-state index contributed by atoms with van der Waals surface area (Å²) in [5.74, 6) is 0.819. The van der Waals surface area contributed by atoms with Crippen molar-refractivity contribution in [1.29, 1.82) is 0 Å². The minimum atomic E-state index is -0.735. The van der Waals surface area contributed by atoms with Crippen LogP contribution in [0.3, 0.4) is 0 Å². The van der Waals surface area contributed by atoms with Crippen molar-refractivity contribution in [3.05, 3.63) is 23.3 Å². The van der Waals surface area contributed by atoms with Crippen LogP contribution in [0.5, 0.6) is 11.5 Å². The molecule has 2 aliphatic rings. The molecular formula is C15H18O4. The van der Waals surface area contributed by atoms with Crippen molar-refractivity contribution in [3.63, 3.8) is 0 Å². The Morgan fingerprint density at radius 1 is 1.53 bits per heavy atom. The Labute approximate surface area is 112 Å². The van der Waals surface area contributed by atoms with E-state index in [0.717, 1.165) is 41.9 Å². The number of hydrogen-bond acceptors (Lipinski definition) is 3. The molecule has 0 radical (unpaired) electrons. The summed E-state index contributed by atoms with van der Waals surface area (Å²) >= 11 is 0. The fraction of sp³-hybridized carbons (Fsp3) is 0.533. The Bertz CT molecular complexity index is 531. The summed E-state index contributed by atoms with van der Waals surface area (Å²) in [7, 11) is 1.63. The van der Waals surface area contributed by atoms with Gasteiger partial charge in [-0.3, -0.25) is 4.79 Å². The number of ether oxygens (including phenoxy) is 2. The summed E-state index contributed by atoms with van der Waals surface area (Å²) in [4.78, 5) is 11.0. The Morgan fingerprint density at radius 2 is 2.26 bits per heavy atom. The fourth-order valence-corrected chi connectivity index (χ4v) is 2.96. The summed E-state index contributed by atoms with van der Waals surface area (Å²) < 4.78 is 11.2. The van der Waals surface area contributed by atoms with Crippen molar-refractivity contribution >= 4 is 5.97 Å². The predicted octanol–water partition coefficient (Wildman–Crippen LogP) is 2.52. The first-order valence-electron chi connectivity index (χ1n) is 6.64. The van der Waals surface area contributed by atoms with Crippen LogP contribution in [0.2, 0.25) is 0 Å². The Balaban J connectivity index is 2.00. The first-order valence-corrected chi connectivity index (χ1v) is 6.64. The van der Waals surface area contributed by atoms with Gasteiger partial charge in [-0.2, -0.15) is 0 Å². The molecule has 3 rings (SSSR count). The molecule has 1 aromatic rings. The largest absolute Gasteiger partial charge is 0.493 e. The maximum absolute atomic E-state index is 11.0. The van der Waals surface area contributed by atoms with Crippen LogP contribution in [0.1, 0.15) is 37.3 Å². The molecule has 0 bridgehead atoms. The van der Waals surface area contributed by atoms with Gasteiger partial charge in [-0.15, -0.1) is 0 Å². The summed E-state index contributed by atoms with van der Waals surface area (Å²) in [5, 5.41) is 9.06. The highest BCUT2D eigenvalue weighted by Crippen LogP contribution is 2.53. The topological polar surface area (TPSA) is 55.8 Å². The van der Waals surface area contributed by atoms with Gasteiger partial charge in [0.1, 0.15) is 6.10 Å². The van der Waals surface area contributed by atoms with E-state index in [1.807, 2.05) is 13.0 Å². The average Bonchev–Trinajstić information content (AvgIpc) is 3.01. The molecule has 102 valence electrons. The number of hydrogen-bond donors (Lipinski definition) is 1. The molecule has 4 nitrogen and oxygen atoms in total. The zero-order valence-corrected chi connectivity index (χ0v) is 11.2. The van der Waals surface area contributed by atoms with Gasteiger partial charge in [0, 0.05) is 17.4 Å². The molecule has 19 heavy (non-hydrogen) atoms. The summed E-state index contributed by atoms with van der Waals surface area (Å²) in [6.07, 6.45) is 3.11. The van der Waals surface area contributed by atoms with E-state index >= 15 is 0 Å². The Morgan fingerprint density at radius 3 is 2.84 bits per heavy atom. The standard InChI is InChI=1S/C15H18O4/c1-9-5-10-6-11(7-12(18-2)14(10)19-9)15(3-4-15)8-13(16)17/h6-7,9H,3-5,8H2,1-2H3,(H,16,17). The lowest BCUT2D eigenvalue weighted by Gasteiger charge is -2.16. The Hall–Kier alpha value is -1.71. The number of benzene rings is 1. The Kier molecular flexibility index (Phi) is 2.69. The molecule has 1 aliphatic heterocycles. The lowest BCUT2D eigenvalue weighted by atomic mass is 9.90. The molecule has 1 aliphatic carbocycles. The van der Waals surface area contributed by atoms with Crippen LogP contribution in [0, 0.1) is 0 Å². The van der Waals surface area contributed by atoms with Crippen molar-refractivity contribution in [2.45, 2.75) is 44.1 Å². The number of rotatable bonds is 4. The molecule has 1 N–H and O–H groups in total. The molecule has 0 saturated heterocycles. The fourth-order valence-electron chi connectivity index (χ4n) is 2.96. The lowest BCUT2D eigenvalue weighted by molar-refractivity contribution is -0.137. The number of carbonyl (C=O) groups is 1. The smallest absolute Gasteiger partial charge is 0.304 e. The average molecular weight is 262 g/mol. The maximum atomic E-state index is 11.0. The van der Waals surface area contributed by atoms with E-state index in [0.29, 0.717) is 0 Å². The van der Waals surface area contributed by atoms with Crippen molar-refractivity contribution in [1.82, 2.24) is 0 Å². The minimum Gasteiger partial charge on any atom is -0.493 e. The van der Waals surface area contributed by atoms with Gasteiger partial charge >= 0.3 is 5.97 Å². The third-order valence-electron chi connectivity index (χ3n) is 4.13. The molecular weight excluding hydrogens is 244 g/mol. The first kappa shape index (κ1) is 12.3. The van der Waals surface area contributed by atoms with E-state index in [2.05, 4.69) is 6.07 Å². The highest BCUT2D eigenvalue weighted by atomic mass is 16.5. The molecule has 1 aromatic carbocycles. The summed E-state index contributed by atoms with van der Waals surface area (Å²) in [6.45, 7) is 2.03. The molecule has 0 aromatic heterocycles. The molecule has 1 heterocycles.